The molecule has 0 saturated carbocycles. The van der Waals surface area contributed by atoms with Gasteiger partial charge in [-0.25, -0.2) is 13.8 Å². The maximum atomic E-state index is 12.4. The molecule has 0 fully saturated rings. The van der Waals surface area contributed by atoms with Gasteiger partial charge in [0.25, 0.3) is 10.0 Å². The van der Waals surface area contributed by atoms with E-state index in [9.17, 15) is 8.42 Å². The number of halogens is 1. The third kappa shape index (κ3) is 4.32. The molecule has 0 amide bonds. The summed E-state index contributed by atoms with van der Waals surface area (Å²) in [5, 5.41) is 0.624. The van der Waals surface area contributed by atoms with Gasteiger partial charge >= 0.3 is 0 Å². The van der Waals surface area contributed by atoms with E-state index < -0.39 is 10.0 Å². The van der Waals surface area contributed by atoms with Gasteiger partial charge in [0.1, 0.15) is 0 Å². The summed E-state index contributed by atoms with van der Waals surface area (Å²) in [6.45, 7) is 5.84. The highest BCUT2D eigenvalue weighted by molar-refractivity contribution is 7.89. The second-order valence-electron chi connectivity index (χ2n) is 5.49. The van der Waals surface area contributed by atoms with E-state index in [-0.39, 0.29) is 10.9 Å². The van der Waals surface area contributed by atoms with Crippen LogP contribution in [-0.2, 0) is 10.0 Å². The van der Waals surface area contributed by atoms with E-state index in [0.717, 1.165) is 16.7 Å². The van der Waals surface area contributed by atoms with Gasteiger partial charge in [-0.1, -0.05) is 48.4 Å². The zero-order valence-corrected chi connectivity index (χ0v) is 15.0. The van der Waals surface area contributed by atoms with Gasteiger partial charge in [0.2, 0.25) is 0 Å². The molecule has 0 aromatic heterocycles. The maximum Gasteiger partial charge on any atom is 0.253 e. The van der Waals surface area contributed by atoms with Crippen LogP contribution in [0.1, 0.15) is 36.1 Å². The Bertz CT molecular complexity index is 753. The Labute approximate surface area is 142 Å². The molecule has 6 heteroatoms. The van der Waals surface area contributed by atoms with Gasteiger partial charge in [0, 0.05) is 11.1 Å². The molecule has 23 heavy (non-hydrogen) atoms. The number of hydrogen-bond acceptors (Lipinski definition) is 3. The van der Waals surface area contributed by atoms with Crippen LogP contribution in [0.2, 0.25) is 5.02 Å². The van der Waals surface area contributed by atoms with E-state index in [1.807, 2.05) is 39.0 Å². The quantitative estimate of drug-likeness (QED) is 0.775. The molecule has 0 heterocycles. The summed E-state index contributed by atoms with van der Waals surface area (Å²) in [5.41, 5.74) is 5.83. The topological polar surface area (TPSA) is 58.2 Å². The smallest absolute Gasteiger partial charge is 0.236 e. The Kier molecular flexibility index (Phi) is 5.81. The van der Waals surface area contributed by atoms with Crippen molar-refractivity contribution in [2.24, 2.45) is 0 Å². The molecule has 4 nitrogen and oxygen atoms in total. The second-order valence-corrected chi connectivity index (χ2v) is 7.58. The Morgan fingerprint density at radius 2 is 1.74 bits per heavy atom. The SMILES string of the molecule is CCC(NNS(=O)(=O)c1ccc(C)cc1)c1c(C)cccc1Cl. The molecule has 2 rings (SSSR count). The lowest BCUT2D eigenvalue weighted by Crippen LogP contribution is -2.40. The lowest BCUT2D eigenvalue weighted by Gasteiger charge is -2.21. The van der Waals surface area contributed by atoms with E-state index in [1.165, 1.54) is 0 Å². The van der Waals surface area contributed by atoms with Gasteiger partial charge in [-0.05, 0) is 49.6 Å². The molecular formula is C17H21ClN2O2S. The molecule has 0 radical (unpaired) electrons. The van der Waals surface area contributed by atoms with Gasteiger partial charge in [-0.15, -0.1) is 4.83 Å². The van der Waals surface area contributed by atoms with Crippen LogP contribution in [0.3, 0.4) is 0 Å². The van der Waals surface area contributed by atoms with Crippen LogP contribution in [-0.4, -0.2) is 8.42 Å². The standard InChI is InChI=1S/C17H21ClN2O2S/c1-4-16(17-13(3)6-5-7-15(17)18)19-20-23(21,22)14-10-8-12(2)9-11-14/h5-11,16,19-20H,4H2,1-3H3. The molecule has 124 valence electrons. The Balaban J connectivity index is 2.19. The number of benzene rings is 2. The molecule has 2 N–H and O–H groups in total. The zero-order valence-electron chi connectivity index (χ0n) is 13.4. The van der Waals surface area contributed by atoms with Crippen LogP contribution in [0.4, 0.5) is 0 Å². The minimum Gasteiger partial charge on any atom is -0.236 e. The molecule has 1 unspecified atom stereocenters. The molecule has 1 atom stereocenters. The van der Waals surface area contributed by atoms with Gasteiger partial charge in [0.05, 0.1) is 4.90 Å². The first-order valence-electron chi connectivity index (χ1n) is 7.44. The minimum atomic E-state index is -3.62. The van der Waals surface area contributed by atoms with E-state index in [4.69, 9.17) is 11.6 Å². The first-order valence-corrected chi connectivity index (χ1v) is 9.30. The molecule has 0 aliphatic heterocycles. The van der Waals surface area contributed by atoms with Gasteiger partial charge in [-0.3, -0.25) is 0 Å². The summed E-state index contributed by atoms with van der Waals surface area (Å²) in [6.07, 6.45) is 0.695. The zero-order chi connectivity index (χ0) is 17.0. The average Bonchev–Trinajstić information content (AvgIpc) is 2.50. The Morgan fingerprint density at radius 1 is 1.09 bits per heavy atom. The lowest BCUT2D eigenvalue weighted by molar-refractivity contribution is 0.480. The van der Waals surface area contributed by atoms with Crippen molar-refractivity contribution in [1.82, 2.24) is 10.3 Å². The average molecular weight is 353 g/mol. The normalized spacial score (nSPS) is 13.0. The predicted molar refractivity (Wildman–Crippen MR) is 93.9 cm³/mol. The van der Waals surface area contributed by atoms with Crippen molar-refractivity contribution in [1.29, 1.82) is 0 Å². The Morgan fingerprint density at radius 3 is 2.30 bits per heavy atom. The van der Waals surface area contributed by atoms with Crippen molar-refractivity contribution >= 4 is 21.6 Å². The van der Waals surface area contributed by atoms with Crippen molar-refractivity contribution < 1.29 is 8.42 Å². The van der Waals surface area contributed by atoms with Crippen molar-refractivity contribution in [2.45, 2.75) is 38.1 Å². The summed E-state index contributed by atoms with van der Waals surface area (Å²) >= 11 is 6.27. The first-order chi connectivity index (χ1) is 10.8. The number of hydrazine groups is 1. The van der Waals surface area contributed by atoms with Crippen LogP contribution in [0, 0.1) is 13.8 Å². The number of aryl methyl sites for hydroxylation is 2. The van der Waals surface area contributed by atoms with Crippen molar-refractivity contribution in [3.05, 3.63) is 64.2 Å². The summed E-state index contributed by atoms with van der Waals surface area (Å²) < 4.78 is 24.7. The van der Waals surface area contributed by atoms with Gasteiger partial charge in [0.15, 0.2) is 0 Å². The van der Waals surface area contributed by atoms with Crippen molar-refractivity contribution in [2.75, 3.05) is 0 Å². The fraction of sp³-hybridized carbons (Fsp3) is 0.294. The van der Waals surface area contributed by atoms with Crippen LogP contribution < -0.4 is 10.3 Å². The fourth-order valence-corrected chi connectivity index (χ4v) is 3.65. The van der Waals surface area contributed by atoms with E-state index in [2.05, 4.69) is 10.3 Å². The molecule has 0 saturated heterocycles. The molecular weight excluding hydrogens is 332 g/mol. The van der Waals surface area contributed by atoms with Gasteiger partial charge in [-0.2, -0.15) is 0 Å². The predicted octanol–water partition coefficient (Wildman–Crippen LogP) is 3.89. The largest absolute Gasteiger partial charge is 0.253 e. The number of rotatable bonds is 6. The number of sulfonamides is 1. The van der Waals surface area contributed by atoms with Crippen molar-refractivity contribution in [3.8, 4) is 0 Å². The molecule has 2 aromatic carbocycles. The molecule has 0 spiro atoms. The highest BCUT2D eigenvalue weighted by Gasteiger charge is 2.19. The fourth-order valence-electron chi connectivity index (χ4n) is 2.39. The summed E-state index contributed by atoms with van der Waals surface area (Å²) in [5.74, 6) is 0. The highest BCUT2D eigenvalue weighted by Crippen LogP contribution is 2.28. The van der Waals surface area contributed by atoms with Crippen molar-refractivity contribution in [3.63, 3.8) is 0 Å². The Hall–Kier alpha value is -1.40. The third-order valence-electron chi connectivity index (χ3n) is 3.73. The van der Waals surface area contributed by atoms with Crippen LogP contribution >= 0.6 is 11.6 Å². The lowest BCUT2D eigenvalue weighted by atomic mass is 10.00. The second kappa shape index (κ2) is 7.45. The summed E-state index contributed by atoms with van der Waals surface area (Å²) in [4.78, 5) is 2.69. The van der Waals surface area contributed by atoms with E-state index >= 15 is 0 Å². The van der Waals surface area contributed by atoms with Crippen LogP contribution in [0.15, 0.2) is 47.4 Å². The minimum absolute atomic E-state index is 0.205. The molecule has 0 aliphatic carbocycles. The van der Waals surface area contributed by atoms with Crippen LogP contribution in [0.25, 0.3) is 0 Å². The molecule has 0 aliphatic rings. The van der Waals surface area contributed by atoms with Gasteiger partial charge < -0.3 is 0 Å². The maximum absolute atomic E-state index is 12.4. The number of nitrogens with one attached hydrogen (secondary N) is 2. The third-order valence-corrected chi connectivity index (χ3v) is 5.34. The molecule has 2 aromatic rings. The highest BCUT2D eigenvalue weighted by atomic mass is 35.5. The van der Waals surface area contributed by atoms with E-state index in [1.54, 1.807) is 24.3 Å². The summed E-state index contributed by atoms with van der Waals surface area (Å²) in [7, 11) is -3.62. The summed E-state index contributed by atoms with van der Waals surface area (Å²) in [6, 6.07) is 12.1. The first kappa shape index (κ1) is 17.9. The number of hydrogen-bond donors (Lipinski definition) is 2. The monoisotopic (exact) mass is 352 g/mol. The van der Waals surface area contributed by atoms with Crippen LogP contribution in [0.5, 0.6) is 0 Å². The van der Waals surface area contributed by atoms with E-state index in [0.29, 0.717) is 11.4 Å². The molecule has 0 bridgehead atoms.